The van der Waals surface area contributed by atoms with Crippen LogP contribution in [-0.4, -0.2) is 55.8 Å². The lowest BCUT2D eigenvalue weighted by molar-refractivity contribution is 0.171. The molecule has 0 atom stereocenters. The number of fused-ring (bicyclic) bond motifs is 1. The molecule has 0 spiro atoms. The van der Waals surface area contributed by atoms with E-state index >= 15 is 0 Å². The van der Waals surface area contributed by atoms with E-state index in [2.05, 4.69) is 32.2 Å². The Hall–Kier alpha value is -2.67. The van der Waals surface area contributed by atoms with Crippen LogP contribution < -0.4 is 14.8 Å². The molecule has 7 nitrogen and oxygen atoms in total. The van der Waals surface area contributed by atoms with Crippen LogP contribution in [0.3, 0.4) is 0 Å². The zero-order valence-electron chi connectivity index (χ0n) is 15.0. The first-order valence-corrected chi connectivity index (χ1v) is 8.91. The van der Waals surface area contributed by atoms with E-state index in [9.17, 15) is 0 Å². The van der Waals surface area contributed by atoms with Gasteiger partial charge in [0.1, 0.15) is 5.76 Å². The lowest BCUT2D eigenvalue weighted by atomic mass is 10.1. The van der Waals surface area contributed by atoms with Gasteiger partial charge in [-0.25, -0.2) is 0 Å². The van der Waals surface area contributed by atoms with Crippen LogP contribution in [0.4, 0.5) is 0 Å². The van der Waals surface area contributed by atoms with Gasteiger partial charge in [0.05, 0.1) is 12.8 Å². The van der Waals surface area contributed by atoms with Crippen LogP contribution in [-0.2, 0) is 13.1 Å². The van der Waals surface area contributed by atoms with E-state index in [-0.39, 0.29) is 0 Å². The third-order valence-electron chi connectivity index (χ3n) is 4.73. The molecule has 138 valence electrons. The van der Waals surface area contributed by atoms with Gasteiger partial charge in [0.2, 0.25) is 6.79 Å². The molecule has 0 radical (unpaired) electrons. The van der Waals surface area contributed by atoms with Gasteiger partial charge in [-0.3, -0.25) is 9.89 Å². The topological polar surface area (TPSA) is 62.5 Å². The molecule has 4 rings (SSSR count). The Balaban J connectivity index is 1.28. The van der Waals surface area contributed by atoms with E-state index in [0.717, 1.165) is 55.9 Å². The molecule has 26 heavy (non-hydrogen) atoms. The number of benzene rings is 1. The van der Waals surface area contributed by atoms with Crippen LogP contribution in [0.5, 0.6) is 11.5 Å². The first kappa shape index (κ1) is 16.8. The van der Waals surface area contributed by atoms with Gasteiger partial charge >= 0.3 is 0 Å². The molecule has 0 saturated carbocycles. The summed E-state index contributed by atoms with van der Waals surface area (Å²) in [5.41, 5.74) is 1.25. The van der Waals surface area contributed by atoms with Crippen molar-refractivity contribution in [2.75, 3.05) is 40.0 Å². The third-order valence-corrected chi connectivity index (χ3v) is 4.73. The Morgan fingerprint density at radius 1 is 1.12 bits per heavy atom. The summed E-state index contributed by atoms with van der Waals surface area (Å²) in [4.78, 5) is 9.14. The van der Waals surface area contributed by atoms with Gasteiger partial charge in [0.15, 0.2) is 17.5 Å². The predicted molar refractivity (Wildman–Crippen MR) is 98.3 cm³/mol. The van der Waals surface area contributed by atoms with Crippen LogP contribution in [0.2, 0.25) is 0 Å². The number of piperazine rings is 1. The highest BCUT2D eigenvalue weighted by Gasteiger charge is 2.21. The fourth-order valence-electron chi connectivity index (χ4n) is 3.33. The van der Waals surface area contributed by atoms with Gasteiger partial charge in [-0.2, -0.15) is 0 Å². The zero-order chi connectivity index (χ0) is 17.8. The molecule has 1 saturated heterocycles. The number of rotatable bonds is 4. The smallest absolute Gasteiger partial charge is 0.231 e. The summed E-state index contributed by atoms with van der Waals surface area (Å²) >= 11 is 0. The minimum Gasteiger partial charge on any atom is -0.467 e. The van der Waals surface area contributed by atoms with E-state index in [1.807, 2.05) is 25.2 Å². The van der Waals surface area contributed by atoms with Crippen LogP contribution >= 0.6 is 0 Å². The standard InChI is InChI=1S/C19H24N4O3/c1-20-19(21-12-16-3-2-10-24-16)23-8-6-22(7-9-23)13-15-4-5-17-18(11-15)26-14-25-17/h2-5,10-11H,6-9,12-14H2,1H3,(H,20,21). The summed E-state index contributed by atoms with van der Waals surface area (Å²) in [6.07, 6.45) is 1.69. The maximum absolute atomic E-state index is 5.47. The number of hydrogen-bond donors (Lipinski definition) is 1. The lowest BCUT2D eigenvalue weighted by Crippen LogP contribution is -2.52. The molecule has 0 amide bonds. The third kappa shape index (κ3) is 3.77. The van der Waals surface area contributed by atoms with Crippen molar-refractivity contribution in [2.45, 2.75) is 13.1 Å². The summed E-state index contributed by atoms with van der Waals surface area (Å²) in [6, 6.07) is 10.1. The van der Waals surface area contributed by atoms with Crippen molar-refractivity contribution in [3.8, 4) is 11.5 Å². The van der Waals surface area contributed by atoms with Gasteiger partial charge in [-0.1, -0.05) is 6.07 Å². The van der Waals surface area contributed by atoms with Crippen molar-refractivity contribution < 1.29 is 13.9 Å². The number of nitrogens with zero attached hydrogens (tertiary/aromatic N) is 3. The van der Waals surface area contributed by atoms with Gasteiger partial charge < -0.3 is 24.1 Å². The van der Waals surface area contributed by atoms with E-state index in [1.54, 1.807) is 6.26 Å². The average molecular weight is 356 g/mol. The summed E-state index contributed by atoms with van der Waals surface area (Å²) in [7, 11) is 1.82. The van der Waals surface area contributed by atoms with E-state index in [0.29, 0.717) is 13.3 Å². The molecule has 1 N–H and O–H groups in total. The number of nitrogens with one attached hydrogen (secondary N) is 1. The fraction of sp³-hybridized carbons (Fsp3) is 0.421. The Morgan fingerprint density at radius 2 is 1.96 bits per heavy atom. The first-order valence-electron chi connectivity index (χ1n) is 8.91. The second kappa shape index (κ2) is 7.70. The lowest BCUT2D eigenvalue weighted by Gasteiger charge is -2.36. The minimum atomic E-state index is 0.321. The summed E-state index contributed by atoms with van der Waals surface area (Å²) in [5.74, 6) is 3.52. The van der Waals surface area contributed by atoms with Crippen molar-refractivity contribution in [3.05, 3.63) is 47.9 Å². The summed E-state index contributed by atoms with van der Waals surface area (Å²) in [5, 5.41) is 3.37. The Kier molecular flexibility index (Phi) is 4.97. The molecule has 1 aromatic heterocycles. The largest absolute Gasteiger partial charge is 0.467 e. The Morgan fingerprint density at radius 3 is 2.73 bits per heavy atom. The van der Waals surface area contributed by atoms with Crippen molar-refractivity contribution in [2.24, 2.45) is 4.99 Å². The van der Waals surface area contributed by atoms with E-state index in [4.69, 9.17) is 13.9 Å². The Labute approximate surface area is 153 Å². The minimum absolute atomic E-state index is 0.321. The number of ether oxygens (including phenoxy) is 2. The fourth-order valence-corrected chi connectivity index (χ4v) is 3.33. The number of hydrogen-bond acceptors (Lipinski definition) is 5. The highest BCUT2D eigenvalue weighted by molar-refractivity contribution is 5.79. The molecule has 2 aliphatic rings. The first-order chi connectivity index (χ1) is 12.8. The summed E-state index contributed by atoms with van der Waals surface area (Å²) in [6.45, 7) is 5.78. The molecule has 0 aliphatic carbocycles. The Bertz CT molecular complexity index is 752. The molecule has 1 fully saturated rings. The maximum atomic E-state index is 5.47. The van der Waals surface area contributed by atoms with Crippen molar-refractivity contribution in [1.29, 1.82) is 0 Å². The monoisotopic (exact) mass is 356 g/mol. The second-order valence-corrected chi connectivity index (χ2v) is 6.43. The molecule has 2 aliphatic heterocycles. The number of furan rings is 1. The van der Waals surface area contributed by atoms with Crippen LogP contribution in [0.25, 0.3) is 0 Å². The second-order valence-electron chi connectivity index (χ2n) is 6.43. The number of guanidine groups is 1. The average Bonchev–Trinajstić information content (AvgIpc) is 3.34. The van der Waals surface area contributed by atoms with Crippen molar-refractivity contribution in [3.63, 3.8) is 0 Å². The van der Waals surface area contributed by atoms with Crippen molar-refractivity contribution >= 4 is 5.96 Å². The molecular formula is C19H24N4O3. The predicted octanol–water partition coefficient (Wildman–Crippen LogP) is 1.90. The normalized spacial score (nSPS) is 17.6. The van der Waals surface area contributed by atoms with Gasteiger partial charge in [0, 0.05) is 39.8 Å². The van der Waals surface area contributed by atoms with E-state index in [1.165, 1.54) is 5.56 Å². The molecule has 0 bridgehead atoms. The van der Waals surface area contributed by atoms with Crippen LogP contribution in [0.1, 0.15) is 11.3 Å². The van der Waals surface area contributed by atoms with Crippen LogP contribution in [0, 0.1) is 0 Å². The number of aliphatic imine (C=N–C) groups is 1. The van der Waals surface area contributed by atoms with Gasteiger partial charge in [0.25, 0.3) is 0 Å². The molecule has 2 aromatic rings. The molecular weight excluding hydrogens is 332 g/mol. The zero-order valence-corrected chi connectivity index (χ0v) is 15.0. The van der Waals surface area contributed by atoms with Crippen LogP contribution in [0.15, 0.2) is 46.0 Å². The van der Waals surface area contributed by atoms with Gasteiger partial charge in [-0.15, -0.1) is 0 Å². The highest BCUT2D eigenvalue weighted by Crippen LogP contribution is 2.32. The summed E-state index contributed by atoms with van der Waals surface area (Å²) < 4.78 is 16.2. The quantitative estimate of drug-likeness (QED) is 0.667. The molecule has 7 heteroatoms. The van der Waals surface area contributed by atoms with E-state index < -0.39 is 0 Å². The van der Waals surface area contributed by atoms with Crippen molar-refractivity contribution in [1.82, 2.24) is 15.1 Å². The SMILES string of the molecule is CN=C(NCc1ccco1)N1CCN(Cc2ccc3c(c2)OCO3)CC1. The maximum Gasteiger partial charge on any atom is 0.231 e. The molecule has 0 unspecified atom stereocenters. The molecule has 1 aromatic carbocycles. The highest BCUT2D eigenvalue weighted by atomic mass is 16.7. The van der Waals surface area contributed by atoms with Gasteiger partial charge in [-0.05, 0) is 29.8 Å². The molecule has 3 heterocycles.